The number of carbonyl (C=O) groups is 1. The summed E-state index contributed by atoms with van der Waals surface area (Å²) in [5, 5.41) is 0. The van der Waals surface area contributed by atoms with E-state index in [-0.39, 0.29) is 4.69 Å². The number of carbonyl (C=O) groups excluding carboxylic acids is 1. The van der Waals surface area contributed by atoms with E-state index in [4.69, 9.17) is 0 Å². The van der Waals surface area contributed by atoms with Gasteiger partial charge in [0.25, 0.3) is 0 Å². The van der Waals surface area contributed by atoms with Gasteiger partial charge in [-0.05, 0) is 22.4 Å². The van der Waals surface area contributed by atoms with Gasteiger partial charge in [-0.15, -0.1) is 0 Å². The maximum absolute atomic E-state index is 9.96. The lowest BCUT2D eigenvalue weighted by Crippen LogP contribution is -1.78. The predicted octanol–water partition coefficient (Wildman–Crippen LogP) is 1.71. The highest BCUT2D eigenvalue weighted by Crippen LogP contribution is 1.93. The van der Waals surface area contributed by atoms with Crippen molar-refractivity contribution in [3.63, 3.8) is 0 Å². The summed E-state index contributed by atoms with van der Waals surface area (Å²) < 4.78 is 0.102. The van der Waals surface area contributed by atoms with Crippen molar-refractivity contribution < 1.29 is 4.79 Å². The Balaban J connectivity index is 2.83. The summed E-state index contributed by atoms with van der Waals surface area (Å²) in [5.41, 5.74) is 0. The Morgan fingerprint density at radius 2 is 2.33 bits per heavy atom. The molecule has 0 aliphatic carbocycles. The van der Waals surface area contributed by atoms with Crippen LogP contribution in [0.2, 0.25) is 0 Å². The van der Waals surface area contributed by atoms with Crippen LogP contribution in [-0.2, 0) is 4.79 Å². The Morgan fingerprint density at radius 3 is 2.33 bits per heavy atom. The van der Waals surface area contributed by atoms with Crippen molar-refractivity contribution in [2.45, 2.75) is 19.8 Å². The van der Waals surface area contributed by atoms with Crippen LogP contribution in [0.3, 0.4) is 0 Å². The van der Waals surface area contributed by atoms with Gasteiger partial charge in [0.2, 0.25) is 0 Å². The third-order valence-electron chi connectivity index (χ3n) is 0.447. The van der Waals surface area contributed by atoms with Gasteiger partial charge >= 0.3 is 0 Å². The largest absolute Gasteiger partial charge is 0.287 e. The smallest absolute Gasteiger partial charge is 0.197 e. The molecule has 0 fully saturated rings. The number of hydrogen-bond donors (Lipinski definition) is 0. The van der Waals surface area contributed by atoms with Crippen molar-refractivity contribution >= 4 is 20.6 Å². The number of halogens is 1. The lowest BCUT2D eigenvalue weighted by molar-refractivity contribution is -0.110. The van der Waals surface area contributed by atoms with Crippen LogP contribution in [0, 0.1) is 0 Å². The summed E-state index contributed by atoms with van der Waals surface area (Å²) >= 11 is 2.80. The SMILES string of the molecule is CCCC(=O)Br. The van der Waals surface area contributed by atoms with E-state index in [1.54, 1.807) is 0 Å². The fourth-order valence-electron chi connectivity index (χ4n) is 0.197. The van der Waals surface area contributed by atoms with Crippen molar-refractivity contribution in [1.82, 2.24) is 0 Å². The van der Waals surface area contributed by atoms with E-state index >= 15 is 0 Å². The standard InChI is InChI=1S/C4H7BrO/c1-2-3-4(5)6/h2-3H2,1H3. The van der Waals surface area contributed by atoms with Gasteiger partial charge < -0.3 is 0 Å². The van der Waals surface area contributed by atoms with Gasteiger partial charge in [-0.1, -0.05) is 6.92 Å². The Morgan fingerprint density at radius 1 is 1.83 bits per heavy atom. The van der Waals surface area contributed by atoms with Gasteiger partial charge in [-0.2, -0.15) is 0 Å². The Hall–Kier alpha value is 0.150. The Bertz CT molecular complexity index is 51.5. The molecule has 0 atom stereocenters. The molecule has 0 aromatic carbocycles. The van der Waals surface area contributed by atoms with E-state index in [0.717, 1.165) is 6.42 Å². The average Bonchev–Trinajstić information content (AvgIpc) is 1.35. The third kappa shape index (κ3) is 4.15. The second-order valence-electron chi connectivity index (χ2n) is 1.11. The van der Waals surface area contributed by atoms with Crippen LogP contribution in [0.4, 0.5) is 0 Å². The van der Waals surface area contributed by atoms with Crippen molar-refractivity contribution in [3.8, 4) is 0 Å². The molecule has 6 heavy (non-hydrogen) atoms. The van der Waals surface area contributed by atoms with E-state index in [0.29, 0.717) is 6.42 Å². The average molecular weight is 151 g/mol. The van der Waals surface area contributed by atoms with Crippen LogP contribution in [-0.4, -0.2) is 4.69 Å². The summed E-state index contributed by atoms with van der Waals surface area (Å²) in [6.07, 6.45) is 1.59. The first kappa shape index (κ1) is 6.15. The number of hydrogen-bond acceptors (Lipinski definition) is 1. The lowest BCUT2D eigenvalue weighted by Gasteiger charge is -1.78. The second kappa shape index (κ2) is 3.34. The molecule has 0 aromatic heterocycles. The van der Waals surface area contributed by atoms with Gasteiger partial charge in [0.05, 0.1) is 0 Å². The molecule has 36 valence electrons. The van der Waals surface area contributed by atoms with Crippen LogP contribution in [0.25, 0.3) is 0 Å². The first-order valence-corrected chi connectivity index (χ1v) is 2.75. The molecule has 0 saturated carbocycles. The minimum absolute atomic E-state index is 0.102. The van der Waals surface area contributed by atoms with Crippen LogP contribution < -0.4 is 0 Å². The topological polar surface area (TPSA) is 17.1 Å². The molecule has 0 unspecified atom stereocenters. The molecule has 0 amide bonds. The van der Waals surface area contributed by atoms with Gasteiger partial charge in [0.1, 0.15) is 0 Å². The Kier molecular flexibility index (Phi) is 3.43. The molecule has 0 saturated heterocycles. The van der Waals surface area contributed by atoms with Crippen LogP contribution in [0.1, 0.15) is 19.8 Å². The molecule has 0 spiro atoms. The zero-order valence-electron chi connectivity index (χ0n) is 3.70. The van der Waals surface area contributed by atoms with Crippen LogP contribution in [0.5, 0.6) is 0 Å². The lowest BCUT2D eigenvalue weighted by atomic mass is 10.4. The van der Waals surface area contributed by atoms with E-state index in [1.165, 1.54) is 0 Å². The van der Waals surface area contributed by atoms with Crippen molar-refractivity contribution in [1.29, 1.82) is 0 Å². The monoisotopic (exact) mass is 150 g/mol. The van der Waals surface area contributed by atoms with Crippen LogP contribution >= 0.6 is 15.9 Å². The zero-order valence-corrected chi connectivity index (χ0v) is 5.29. The summed E-state index contributed by atoms with van der Waals surface area (Å²) in [6.45, 7) is 1.97. The molecule has 2 heteroatoms. The molecule has 0 aromatic rings. The summed E-state index contributed by atoms with van der Waals surface area (Å²) in [5.74, 6) is 0. The molecular formula is C4H7BrO. The molecule has 0 radical (unpaired) electrons. The molecule has 0 heterocycles. The molecule has 0 aliphatic rings. The van der Waals surface area contributed by atoms with Gasteiger partial charge in [0.15, 0.2) is 4.69 Å². The van der Waals surface area contributed by atoms with Gasteiger partial charge in [-0.3, -0.25) is 4.79 Å². The molecule has 0 aliphatic heterocycles. The highest BCUT2D eigenvalue weighted by molar-refractivity contribution is 9.18. The van der Waals surface area contributed by atoms with Crippen LogP contribution in [0.15, 0.2) is 0 Å². The summed E-state index contributed by atoms with van der Waals surface area (Å²) in [7, 11) is 0. The molecular weight excluding hydrogens is 144 g/mol. The molecule has 0 rings (SSSR count). The quantitative estimate of drug-likeness (QED) is 0.549. The first-order chi connectivity index (χ1) is 2.77. The first-order valence-electron chi connectivity index (χ1n) is 1.95. The molecule has 0 bridgehead atoms. The minimum Gasteiger partial charge on any atom is -0.287 e. The van der Waals surface area contributed by atoms with E-state index < -0.39 is 0 Å². The van der Waals surface area contributed by atoms with E-state index in [2.05, 4.69) is 15.9 Å². The fraction of sp³-hybridized carbons (Fsp3) is 0.750. The zero-order chi connectivity index (χ0) is 4.99. The van der Waals surface area contributed by atoms with Gasteiger partial charge in [-0.25, -0.2) is 0 Å². The Labute approximate surface area is 45.9 Å². The maximum Gasteiger partial charge on any atom is 0.197 e. The van der Waals surface area contributed by atoms with E-state index in [9.17, 15) is 4.79 Å². The fourth-order valence-corrected chi connectivity index (χ4v) is 0.593. The minimum atomic E-state index is 0.102. The highest BCUT2D eigenvalue weighted by atomic mass is 79.9. The predicted molar refractivity (Wildman–Crippen MR) is 28.8 cm³/mol. The summed E-state index contributed by atoms with van der Waals surface area (Å²) in [6, 6.07) is 0. The van der Waals surface area contributed by atoms with Crippen molar-refractivity contribution in [2.75, 3.05) is 0 Å². The van der Waals surface area contributed by atoms with E-state index in [1.807, 2.05) is 6.92 Å². The molecule has 0 N–H and O–H groups in total. The van der Waals surface area contributed by atoms with Crippen molar-refractivity contribution in [3.05, 3.63) is 0 Å². The normalized spacial score (nSPS) is 8.33. The number of rotatable bonds is 2. The second-order valence-corrected chi connectivity index (χ2v) is 1.99. The summed E-state index contributed by atoms with van der Waals surface area (Å²) in [4.78, 5) is 9.96. The maximum atomic E-state index is 9.96. The molecule has 1 nitrogen and oxygen atoms in total. The highest BCUT2D eigenvalue weighted by Gasteiger charge is 1.86. The van der Waals surface area contributed by atoms with Crippen molar-refractivity contribution in [2.24, 2.45) is 0 Å². The third-order valence-corrected chi connectivity index (χ3v) is 0.843. The van der Waals surface area contributed by atoms with Gasteiger partial charge in [0, 0.05) is 6.42 Å².